The van der Waals surface area contributed by atoms with E-state index in [2.05, 4.69) is 0 Å². The molecule has 0 aliphatic rings. The average Bonchev–Trinajstić information content (AvgIpc) is 2.26. The summed E-state index contributed by atoms with van der Waals surface area (Å²) in [5.41, 5.74) is 0.716. The van der Waals surface area contributed by atoms with Crippen LogP contribution >= 0.6 is 0 Å². The molecule has 0 fully saturated rings. The monoisotopic (exact) mass is 226 g/mol. The number of hydrogen-bond donors (Lipinski definition) is 1. The lowest BCUT2D eigenvalue weighted by atomic mass is 10.1. The van der Waals surface area contributed by atoms with Crippen molar-refractivity contribution in [3.05, 3.63) is 17.2 Å². The Morgan fingerprint density at radius 1 is 1.12 bits per heavy atom. The number of benzene rings is 1. The van der Waals surface area contributed by atoms with Crippen LogP contribution in [0, 0.1) is 6.92 Å². The van der Waals surface area contributed by atoms with E-state index in [0.29, 0.717) is 5.75 Å². The number of carbonyl (C=O) groups is 1. The van der Waals surface area contributed by atoms with Gasteiger partial charge in [-0.25, -0.2) is 4.79 Å². The van der Waals surface area contributed by atoms with Gasteiger partial charge in [-0.3, -0.25) is 0 Å². The molecule has 0 aromatic heterocycles. The van der Waals surface area contributed by atoms with Crippen LogP contribution in [0.15, 0.2) is 6.07 Å². The summed E-state index contributed by atoms with van der Waals surface area (Å²) in [6, 6.07) is 1.60. The van der Waals surface area contributed by atoms with Crippen LogP contribution < -0.4 is 14.2 Å². The van der Waals surface area contributed by atoms with Crippen LogP contribution in [0.25, 0.3) is 0 Å². The lowest BCUT2D eigenvalue weighted by molar-refractivity contribution is 0.0688. The number of ether oxygens (including phenoxy) is 3. The lowest BCUT2D eigenvalue weighted by Crippen LogP contribution is -2.06. The summed E-state index contributed by atoms with van der Waals surface area (Å²) < 4.78 is 15.2. The maximum Gasteiger partial charge on any atom is 0.343 e. The molecule has 0 unspecified atom stereocenters. The van der Waals surface area contributed by atoms with Crippen molar-refractivity contribution in [1.82, 2.24) is 0 Å². The van der Waals surface area contributed by atoms with Gasteiger partial charge in [-0.15, -0.1) is 0 Å². The van der Waals surface area contributed by atoms with E-state index in [0.717, 1.165) is 5.56 Å². The molecular weight excluding hydrogens is 212 g/mol. The fourth-order valence-corrected chi connectivity index (χ4v) is 1.55. The molecule has 1 N–H and O–H groups in total. The van der Waals surface area contributed by atoms with Crippen LogP contribution in [0.3, 0.4) is 0 Å². The molecule has 16 heavy (non-hydrogen) atoms. The highest BCUT2D eigenvalue weighted by atomic mass is 16.5. The smallest absolute Gasteiger partial charge is 0.343 e. The predicted molar refractivity (Wildman–Crippen MR) is 57.8 cm³/mol. The summed E-state index contributed by atoms with van der Waals surface area (Å²) in [5.74, 6) is -0.290. The van der Waals surface area contributed by atoms with Crippen molar-refractivity contribution in [2.75, 3.05) is 21.3 Å². The predicted octanol–water partition coefficient (Wildman–Crippen LogP) is 1.72. The van der Waals surface area contributed by atoms with Crippen LogP contribution in [0.5, 0.6) is 17.2 Å². The standard InChI is InChI=1S/C11H14O5/c1-6-5-7(14-2)8(11(12)13)10(16-4)9(6)15-3/h5H,1-4H3,(H,12,13). The molecule has 5 nitrogen and oxygen atoms in total. The summed E-state index contributed by atoms with van der Waals surface area (Å²) >= 11 is 0. The first-order chi connectivity index (χ1) is 7.56. The lowest BCUT2D eigenvalue weighted by Gasteiger charge is -2.15. The van der Waals surface area contributed by atoms with E-state index in [4.69, 9.17) is 19.3 Å². The van der Waals surface area contributed by atoms with Crippen LogP contribution in [0.2, 0.25) is 0 Å². The molecule has 0 radical (unpaired) electrons. The Hall–Kier alpha value is -1.91. The first-order valence-corrected chi connectivity index (χ1v) is 4.59. The van der Waals surface area contributed by atoms with Crippen molar-refractivity contribution < 1.29 is 24.1 Å². The van der Waals surface area contributed by atoms with Crippen molar-refractivity contribution >= 4 is 5.97 Å². The van der Waals surface area contributed by atoms with Crippen LogP contribution in [-0.2, 0) is 0 Å². The number of aryl methyl sites for hydroxylation is 1. The number of rotatable bonds is 4. The van der Waals surface area contributed by atoms with Gasteiger partial charge in [0.2, 0.25) is 0 Å². The van der Waals surface area contributed by atoms with Gasteiger partial charge in [0.15, 0.2) is 11.5 Å². The summed E-state index contributed by atoms with van der Waals surface area (Å²) in [6.07, 6.45) is 0. The zero-order valence-corrected chi connectivity index (χ0v) is 9.66. The molecule has 1 aromatic carbocycles. The Labute approximate surface area is 93.6 Å². The summed E-state index contributed by atoms with van der Waals surface area (Å²) in [6.45, 7) is 1.79. The molecule has 1 aromatic rings. The van der Waals surface area contributed by atoms with Gasteiger partial charge in [0, 0.05) is 0 Å². The maximum atomic E-state index is 11.1. The van der Waals surface area contributed by atoms with Crippen molar-refractivity contribution in [2.45, 2.75) is 6.92 Å². The van der Waals surface area contributed by atoms with E-state index in [1.165, 1.54) is 21.3 Å². The number of carboxylic acids is 1. The average molecular weight is 226 g/mol. The third-order valence-electron chi connectivity index (χ3n) is 2.23. The van der Waals surface area contributed by atoms with Gasteiger partial charge in [-0.1, -0.05) is 0 Å². The third-order valence-corrected chi connectivity index (χ3v) is 2.23. The van der Waals surface area contributed by atoms with Gasteiger partial charge in [-0.2, -0.15) is 0 Å². The van der Waals surface area contributed by atoms with Gasteiger partial charge in [-0.05, 0) is 18.6 Å². The minimum absolute atomic E-state index is 0.0348. The number of methoxy groups -OCH3 is 3. The zero-order chi connectivity index (χ0) is 12.3. The minimum atomic E-state index is -1.12. The molecule has 0 aliphatic carbocycles. The maximum absolute atomic E-state index is 11.1. The molecule has 88 valence electrons. The highest BCUT2D eigenvalue weighted by Gasteiger charge is 2.23. The summed E-state index contributed by atoms with van der Waals surface area (Å²) in [5, 5.41) is 9.10. The highest BCUT2D eigenvalue weighted by Crippen LogP contribution is 2.40. The van der Waals surface area contributed by atoms with E-state index in [9.17, 15) is 4.79 Å². The van der Waals surface area contributed by atoms with Crippen molar-refractivity contribution in [3.8, 4) is 17.2 Å². The summed E-state index contributed by atoms with van der Waals surface area (Å²) in [7, 11) is 4.26. The molecule has 0 heterocycles. The second-order valence-corrected chi connectivity index (χ2v) is 3.14. The molecule has 0 amide bonds. The molecule has 5 heteroatoms. The molecule has 0 atom stereocenters. The van der Waals surface area contributed by atoms with Gasteiger partial charge in [0.05, 0.1) is 21.3 Å². The third kappa shape index (κ3) is 1.88. The minimum Gasteiger partial charge on any atom is -0.496 e. The van der Waals surface area contributed by atoms with E-state index < -0.39 is 5.97 Å². The van der Waals surface area contributed by atoms with Gasteiger partial charge in [0.1, 0.15) is 11.3 Å². The van der Waals surface area contributed by atoms with Crippen molar-refractivity contribution in [3.63, 3.8) is 0 Å². The van der Waals surface area contributed by atoms with E-state index >= 15 is 0 Å². The van der Waals surface area contributed by atoms with Crippen molar-refractivity contribution in [2.24, 2.45) is 0 Å². The number of carboxylic acid groups (broad SMARTS) is 1. The van der Waals surface area contributed by atoms with Gasteiger partial charge < -0.3 is 19.3 Å². The largest absolute Gasteiger partial charge is 0.496 e. The Morgan fingerprint density at radius 2 is 1.69 bits per heavy atom. The second kappa shape index (κ2) is 4.74. The second-order valence-electron chi connectivity index (χ2n) is 3.14. The van der Waals surface area contributed by atoms with Gasteiger partial charge in [0.25, 0.3) is 0 Å². The molecular formula is C11H14O5. The Kier molecular flexibility index (Phi) is 3.60. The van der Waals surface area contributed by atoms with E-state index in [-0.39, 0.29) is 17.1 Å². The fraction of sp³-hybridized carbons (Fsp3) is 0.364. The van der Waals surface area contributed by atoms with E-state index in [1.54, 1.807) is 13.0 Å². The zero-order valence-electron chi connectivity index (χ0n) is 9.66. The van der Waals surface area contributed by atoms with Crippen molar-refractivity contribution in [1.29, 1.82) is 0 Å². The van der Waals surface area contributed by atoms with Gasteiger partial charge >= 0.3 is 5.97 Å². The number of hydrogen-bond acceptors (Lipinski definition) is 4. The summed E-state index contributed by atoms with van der Waals surface area (Å²) in [4.78, 5) is 11.1. The highest BCUT2D eigenvalue weighted by molar-refractivity contribution is 5.95. The molecule has 0 bridgehead atoms. The normalized spacial score (nSPS) is 9.75. The van der Waals surface area contributed by atoms with Crippen LogP contribution in [0.1, 0.15) is 15.9 Å². The molecule has 0 saturated heterocycles. The molecule has 1 rings (SSSR count). The first-order valence-electron chi connectivity index (χ1n) is 4.59. The number of aromatic carboxylic acids is 1. The van der Waals surface area contributed by atoms with Crippen LogP contribution in [0.4, 0.5) is 0 Å². The van der Waals surface area contributed by atoms with E-state index in [1.807, 2.05) is 0 Å². The topological polar surface area (TPSA) is 65.0 Å². The molecule has 0 saturated carbocycles. The fourth-order valence-electron chi connectivity index (χ4n) is 1.55. The quantitative estimate of drug-likeness (QED) is 0.846. The SMILES string of the molecule is COc1cc(C)c(OC)c(OC)c1C(=O)O. The Bertz CT molecular complexity index is 411. The first kappa shape index (κ1) is 12.2. The Morgan fingerprint density at radius 3 is 2.06 bits per heavy atom. The van der Waals surface area contributed by atoms with Crippen LogP contribution in [-0.4, -0.2) is 32.4 Å². The Balaban J connectivity index is 3.59. The molecule has 0 spiro atoms. The molecule has 0 aliphatic heterocycles.